The second-order valence-electron chi connectivity index (χ2n) is 5.66. The SMILES string of the molecule is CC1=C(C(N)=O)[C@@H](c2cccs2)n2nc(-c3ccc(F)cc3)nc2N1. The van der Waals surface area contributed by atoms with E-state index in [1.165, 1.54) is 23.5 Å². The molecule has 2 aromatic heterocycles. The van der Waals surface area contributed by atoms with Crippen molar-refractivity contribution in [3.8, 4) is 11.4 Å². The minimum absolute atomic E-state index is 0.323. The maximum Gasteiger partial charge on any atom is 0.248 e. The Balaban J connectivity index is 1.86. The Kier molecular flexibility index (Phi) is 3.61. The van der Waals surface area contributed by atoms with Gasteiger partial charge in [0.2, 0.25) is 11.9 Å². The number of nitrogens with zero attached hydrogens (tertiary/aromatic N) is 3. The molecule has 6 nitrogen and oxygen atoms in total. The van der Waals surface area contributed by atoms with Gasteiger partial charge in [0.15, 0.2) is 5.82 Å². The molecular formula is C17H14FN5OS. The van der Waals surface area contributed by atoms with Gasteiger partial charge in [0.25, 0.3) is 0 Å². The van der Waals surface area contributed by atoms with Crippen molar-refractivity contribution in [1.29, 1.82) is 0 Å². The second-order valence-corrected chi connectivity index (χ2v) is 6.64. The van der Waals surface area contributed by atoms with E-state index >= 15 is 0 Å². The topological polar surface area (TPSA) is 85.8 Å². The molecule has 0 saturated carbocycles. The van der Waals surface area contributed by atoms with Crippen LogP contribution in [0.15, 0.2) is 53.0 Å². The van der Waals surface area contributed by atoms with Crippen LogP contribution < -0.4 is 11.1 Å². The summed E-state index contributed by atoms with van der Waals surface area (Å²) in [5, 5.41) is 9.56. The van der Waals surface area contributed by atoms with Gasteiger partial charge >= 0.3 is 0 Å². The molecule has 3 aromatic rings. The van der Waals surface area contributed by atoms with Crippen LogP contribution in [0.4, 0.5) is 10.3 Å². The zero-order valence-corrected chi connectivity index (χ0v) is 14.0. The third-order valence-electron chi connectivity index (χ3n) is 4.03. The minimum atomic E-state index is -0.507. The molecule has 4 rings (SSSR count). The monoisotopic (exact) mass is 355 g/mol. The van der Waals surface area contributed by atoms with E-state index in [9.17, 15) is 9.18 Å². The first-order chi connectivity index (χ1) is 12.0. The van der Waals surface area contributed by atoms with Crippen molar-refractivity contribution in [2.45, 2.75) is 13.0 Å². The summed E-state index contributed by atoms with van der Waals surface area (Å²) in [5.74, 6) is 0.131. The number of thiophene rings is 1. The summed E-state index contributed by atoms with van der Waals surface area (Å²) in [7, 11) is 0. The Bertz CT molecular complexity index is 975. The molecule has 3 heterocycles. The van der Waals surface area contributed by atoms with Crippen LogP contribution in [-0.4, -0.2) is 20.7 Å². The molecule has 1 aliphatic rings. The summed E-state index contributed by atoms with van der Waals surface area (Å²) in [6.45, 7) is 1.79. The number of fused-ring (bicyclic) bond motifs is 1. The number of hydrogen-bond donors (Lipinski definition) is 2. The van der Waals surface area contributed by atoms with Crippen LogP contribution in [0.1, 0.15) is 17.8 Å². The molecule has 0 fully saturated rings. The lowest BCUT2D eigenvalue weighted by Crippen LogP contribution is -2.31. The first kappa shape index (κ1) is 15.5. The third kappa shape index (κ3) is 2.60. The number of benzene rings is 1. The summed E-state index contributed by atoms with van der Waals surface area (Å²) in [6, 6.07) is 9.36. The number of allylic oxidation sites excluding steroid dienone is 1. The van der Waals surface area contributed by atoms with Gasteiger partial charge in [0.05, 0.1) is 5.57 Å². The highest BCUT2D eigenvalue weighted by molar-refractivity contribution is 7.10. The number of primary amides is 1. The van der Waals surface area contributed by atoms with Crippen molar-refractivity contribution >= 4 is 23.2 Å². The molecule has 1 aliphatic heterocycles. The van der Waals surface area contributed by atoms with Crippen LogP contribution >= 0.6 is 11.3 Å². The van der Waals surface area contributed by atoms with Gasteiger partial charge in [0, 0.05) is 16.1 Å². The lowest BCUT2D eigenvalue weighted by Gasteiger charge is -2.26. The number of hydrogen-bond acceptors (Lipinski definition) is 5. The molecule has 0 aliphatic carbocycles. The number of rotatable bonds is 3. The van der Waals surface area contributed by atoms with Crippen LogP contribution in [0.5, 0.6) is 0 Å². The Morgan fingerprint density at radius 1 is 1.32 bits per heavy atom. The van der Waals surface area contributed by atoms with Gasteiger partial charge in [-0.15, -0.1) is 16.4 Å². The van der Waals surface area contributed by atoms with E-state index in [1.807, 2.05) is 17.5 Å². The van der Waals surface area contributed by atoms with Crippen LogP contribution in [0.25, 0.3) is 11.4 Å². The molecule has 0 unspecified atom stereocenters. The number of anilines is 1. The molecule has 126 valence electrons. The fraction of sp³-hybridized carbons (Fsp3) is 0.118. The number of carbonyl (C=O) groups excluding carboxylic acids is 1. The molecule has 1 aromatic carbocycles. The highest BCUT2D eigenvalue weighted by atomic mass is 32.1. The van der Waals surface area contributed by atoms with Crippen LogP contribution in [-0.2, 0) is 4.79 Å². The largest absolute Gasteiger partial charge is 0.366 e. The van der Waals surface area contributed by atoms with Crippen LogP contribution in [0.2, 0.25) is 0 Å². The van der Waals surface area contributed by atoms with E-state index in [1.54, 1.807) is 23.7 Å². The molecule has 3 N–H and O–H groups in total. The molecule has 1 amide bonds. The Morgan fingerprint density at radius 3 is 2.72 bits per heavy atom. The molecule has 25 heavy (non-hydrogen) atoms. The van der Waals surface area contributed by atoms with E-state index in [2.05, 4.69) is 15.4 Å². The van der Waals surface area contributed by atoms with E-state index in [-0.39, 0.29) is 5.82 Å². The van der Waals surface area contributed by atoms with E-state index in [4.69, 9.17) is 5.73 Å². The van der Waals surface area contributed by atoms with Crippen molar-refractivity contribution in [2.75, 3.05) is 5.32 Å². The zero-order valence-electron chi connectivity index (χ0n) is 13.2. The maximum atomic E-state index is 13.2. The third-order valence-corrected chi connectivity index (χ3v) is 4.96. The summed E-state index contributed by atoms with van der Waals surface area (Å²) in [4.78, 5) is 17.4. The molecule has 0 bridgehead atoms. The number of nitrogens with one attached hydrogen (secondary N) is 1. The molecular weight excluding hydrogens is 341 g/mol. The van der Waals surface area contributed by atoms with Gasteiger partial charge in [0.1, 0.15) is 11.9 Å². The Morgan fingerprint density at radius 2 is 2.08 bits per heavy atom. The summed E-state index contributed by atoms with van der Waals surface area (Å²) >= 11 is 1.52. The van der Waals surface area contributed by atoms with E-state index < -0.39 is 11.9 Å². The average molecular weight is 355 g/mol. The molecule has 0 spiro atoms. The average Bonchev–Trinajstić information content (AvgIpc) is 3.23. The fourth-order valence-corrected chi connectivity index (χ4v) is 3.72. The first-order valence-corrected chi connectivity index (χ1v) is 8.46. The van der Waals surface area contributed by atoms with Gasteiger partial charge in [-0.05, 0) is 42.6 Å². The maximum absolute atomic E-state index is 13.2. The van der Waals surface area contributed by atoms with Gasteiger partial charge in [-0.3, -0.25) is 4.79 Å². The van der Waals surface area contributed by atoms with Gasteiger partial charge in [-0.2, -0.15) is 4.98 Å². The van der Waals surface area contributed by atoms with Crippen molar-refractivity contribution in [3.05, 3.63) is 63.7 Å². The predicted molar refractivity (Wildman–Crippen MR) is 93.4 cm³/mol. The molecule has 1 atom stereocenters. The number of amides is 1. The second kappa shape index (κ2) is 5.82. The van der Waals surface area contributed by atoms with Gasteiger partial charge in [-0.25, -0.2) is 9.07 Å². The number of aromatic nitrogens is 3. The van der Waals surface area contributed by atoms with Crippen molar-refractivity contribution < 1.29 is 9.18 Å². The number of nitrogens with two attached hydrogens (primary N) is 1. The Hall–Kier alpha value is -3.00. The van der Waals surface area contributed by atoms with Gasteiger partial charge in [-0.1, -0.05) is 6.07 Å². The predicted octanol–water partition coefficient (Wildman–Crippen LogP) is 2.92. The standard InChI is InChI=1S/C17H14FN5OS/c1-9-13(15(19)24)14(12-3-2-8-25-12)23-17(20-9)21-16(22-23)10-4-6-11(18)7-5-10/h2-8,14H,1H3,(H2,19,24)(H,20,21,22)/t14-/m1/s1. The van der Waals surface area contributed by atoms with Gasteiger partial charge < -0.3 is 11.1 Å². The van der Waals surface area contributed by atoms with Crippen molar-refractivity contribution in [2.24, 2.45) is 5.73 Å². The number of carbonyl (C=O) groups is 1. The van der Waals surface area contributed by atoms with Crippen LogP contribution in [0.3, 0.4) is 0 Å². The smallest absolute Gasteiger partial charge is 0.248 e. The molecule has 0 radical (unpaired) electrons. The summed E-state index contributed by atoms with van der Waals surface area (Å²) < 4.78 is 14.8. The highest BCUT2D eigenvalue weighted by Gasteiger charge is 2.33. The normalized spacial score (nSPS) is 16.5. The highest BCUT2D eigenvalue weighted by Crippen LogP contribution is 2.37. The Labute approximate surface area is 146 Å². The first-order valence-electron chi connectivity index (χ1n) is 7.58. The van der Waals surface area contributed by atoms with Crippen molar-refractivity contribution in [3.63, 3.8) is 0 Å². The fourth-order valence-electron chi connectivity index (χ4n) is 2.90. The lowest BCUT2D eigenvalue weighted by molar-refractivity contribution is -0.115. The molecule has 8 heteroatoms. The van der Waals surface area contributed by atoms with E-state index in [0.29, 0.717) is 28.6 Å². The summed E-state index contributed by atoms with van der Waals surface area (Å²) in [6.07, 6.45) is 0. The molecule has 0 saturated heterocycles. The van der Waals surface area contributed by atoms with Crippen molar-refractivity contribution in [1.82, 2.24) is 14.8 Å². The quantitative estimate of drug-likeness (QED) is 0.756. The summed E-state index contributed by atoms with van der Waals surface area (Å²) in [5.41, 5.74) is 7.40. The lowest BCUT2D eigenvalue weighted by atomic mass is 10.0. The zero-order chi connectivity index (χ0) is 17.6. The van der Waals surface area contributed by atoms with Crippen LogP contribution in [0, 0.1) is 5.82 Å². The number of halogens is 1. The van der Waals surface area contributed by atoms with E-state index in [0.717, 1.165) is 4.88 Å². The minimum Gasteiger partial charge on any atom is -0.366 e.